The Kier molecular flexibility index (Phi) is 6.44. The summed E-state index contributed by atoms with van der Waals surface area (Å²) in [6.07, 6.45) is 1.67. The van der Waals surface area contributed by atoms with E-state index in [4.69, 9.17) is 23.4 Å². The van der Waals surface area contributed by atoms with Crippen LogP contribution >= 0.6 is 0 Å². The fraction of sp³-hybridized carbons (Fsp3) is 0.174. The van der Waals surface area contributed by atoms with Crippen LogP contribution < -0.4 is 29.6 Å². The molecule has 0 saturated heterocycles. The summed E-state index contributed by atoms with van der Waals surface area (Å²) in [5.74, 6) is 3.32. The number of hydrogen-bond acceptors (Lipinski definition) is 10. The molecule has 2 aromatic carbocycles. The summed E-state index contributed by atoms with van der Waals surface area (Å²) >= 11 is 0. The van der Waals surface area contributed by atoms with Gasteiger partial charge in [0, 0.05) is 41.8 Å². The Morgan fingerprint density at radius 1 is 0.727 bits per heavy atom. The second-order valence-corrected chi connectivity index (χ2v) is 6.73. The quantitative estimate of drug-likeness (QED) is 0.374. The Morgan fingerprint density at radius 2 is 1.48 bits per heavy atom. The van der Waals surface area contributed by atoms with Gasteiger partial charge in [-0.1, -0.05) is 5.10 Å². The van der Waals surface area contributed by atoms with E-state index in [2.05, 4.69) is 25.8 Å². The van der Waals surface area contributed by atoms with Crippen LogP contribution in [0, 0.1) is 0 Å². The van der Waals surface area contributed by atoms with Crippen LogP contribution in [0.2, 0.25) is 0 Å². The predicted octanol–water partition coefficient (Wildman–Crippen LogP) is 4.65. The number of benzene rings is 2. The molecule has 4 aromatic rings. The summed E-state index contributed by atoms with van der Waals surface area (Å²) in [6.45, 7) is 0. The highest BCUT2D eigenvalue weighted by molar-refractivity contribution is 5.74. The first kappa shape index (κ1) is 21.8. The SMILES string of the molecule is COc1cc(Nc2ncccc2-c2nnc(Nc3ccc(OC)c(OC)c3)o2)cc(OC)c1. The first-order valence-corrected chi connectivity index (χ1v) is 9.91. The zero-order valence-electron chi connectivity index (χ0n) is 18.6. The van der Waals surface area contributed by atoms with Crippen LogP contribution in [0.4, 0.5) is 23.2 Å². The minimum Gasteiger partial charge on any atom is -0.497 e. The molecule has 0 amide bonds. The molecule has 0 unspecified atom stereocenters. The molecule has 10 nitrogen and oxygen atoms in total. The third-order valence-corrected chi connectivity index (χ3v) is 4.71. The van der Waals surface area contributed by atoms with Crippen LogP contribution in [-0.2, 0) is 0 Å². The molecular weight excluding hydrogens is 426 g/mol. The Morgan fingerprint density at radius 3 is 2.18 bits per heavy atom. The van der Waals surface area contributed by atoms with Crippen LogP contribution in [0.25, 0.3) is 11.5 Å². The van der Waals surface area contributed by atoms with Gasteiger partial charge in [-0.15, -0.1) is 5.10 Å². The molecular formula is C23H23N5O5. The molecule has 0 spiro atoms. The molecule has 33 heavy (non-hydrogen) atoms. The molecule has 2 aromatic heterocycles. The Hall–Kier alpha value is -4.47. The summed E-state index contributed by atoms with van der Waals surface area (Å²) in [7, 11) is 6.34. The van der Waals surface area contributed by atoms with Crippen molar-refractivity contribution >= 4 is 23.2 Å². The summed E-state index contributed by atoms with van der Waals surface area (Å²) in [6, 6.07) is 14.7. The maximum Gasteiger partial charge on any atom is 0.320 e. The van der Waals surface area contributed by atoms with Crippen LogP contribution in [0.5, 0.6) is 23.0 Å². The number of hydrogen-bond donors (Lipinski definition) is 2. The van der Waals surface area contributed by atoms with E-state index < -0.39 is 0 Å². The van der Waals surface area contributed by atoms with Gasteiger partial charge in [-0.2, -0.15) is 0 Å². The zero-order valence-corrected chi connectivity index (χ0v) is 18.6. The molecule has 0 saturated carbocycles. The molecule has 0 aliphatic heterocycles. The van der Waals surface area contributed by atoms with Crippen molar-refractivity contribution in [3.05, 3.63) is 54.7 Å². The van der Waals surface area contributed by atoms with Gasteiger partial charge in [0.05, 0.1) is 34.0 Å². The lowest BCUT2D eigenvalue weighted by atomic mass is 10.2. The topological polar surface area (TPSA) is 113 Å². The number of nitrogens with one attached hydrogen (secondary N) is 2. The van der Waals surface area contributed by atoms with Crippen molar-refractivity contribution in [2.75, 3.05) is 39.1 Å². The standard InChI is InChI=1S/C23H23N5O5/c1-29-16-10-15(11-17(13-16)30-2)25-21-18(6-5-9-24-21)22-27-28-23(33-22)26-14-7-8-19(31-3)20(12-14)32-4/h5-13H,1-4H3,(H,24,25)(H,26,28). The molecule has 0 atom stereocenters. The van der Waals surface area contributed by atoms with E-state index in [0.717, 1.165) is 5.69 Å². The average molecular weight is 449 g/mol. The largest absolute Gasteiger partial charge is 0.497 e. The summed E-state index contributed by atoms with van der Waals surface area (Å²) in [5.41, 5.74) is 2.07. The van der Waals surface area contributed by atoms with Gasteiger partial charge in [-0.3, -0.25) is 0 Å². The number of anilines is 4. The van der Waals surface area contributed by atoms with Crippen molar-refractivity contribution in [2.45, 2.75) is 0 Å². The van der Waals surface area contributed by atoms with Crippen molar-refractivity contribution in [1.29, 1.82) is 0 Å². The first-order chi connectivity index (χ1) is 16.1. The number of ether oxygens (including phenoxy) is 4. The lowest BCUT2D eigenvalue weighted by Crippen LogP contribution is -1.98. The fourth-order valence-corrected chi connectivity index (χ4v) is 3.11. The van der Waals surface area contributed by atoms with E-state index in [1.54, 1.807) is 58.9 Å². The van der Waals surface area contributed by atoms with Crippen molar-refractivity contribution in [3.63, 3.8) is 0 Å². The molecule has 2 heterocycles. The van der Waals surface area contributed by atoms with E-state index in [1.807, 2.05) is 24.3 Å². The highest BCUT2D eigenvalue weighted by Crippen LogP contribution is 2.34. The van der Waals surface area contributed by atoms with Crippen LogP contribution in [0.3, 0.4) is 0 Å². The normalized spacial score (nSPS) is 10.4. The van der Waals surface area contributed by atoms with E-state index in [0.29, 0.717) is 46.0 Å². The van der Waals surface area contributed by atoms with Crippen LogP contribution in [-0.4, -0.2) is 43.6 Å². The van der Waals surface area contributed by atoms with Gasteiger partial charge >= 0.3 is 6.01 Å². The van der Waals surface area contributed by atoms with Gasteiger partial charge < -0.3 is 34.0 Å². The minimum absolute atomic E-state index is 0.218. The number of pyridine rings is 1. The van der Waals surface area contributed by atoms with E-state index in [1.165, 1.54) is 0 Å². The van der Waals surface area contributed by atoms with Crippen molar-refractivity contribution in [3.8, 4) is 34.5 Å². The molecule has 4 rings (SSSR count). The van der Waals surface area contributed by atoms with Gasteiger partial charge in [0.2, 0.25) is 0 Å². The molecule has 2 N–H and O–H groups in total. The summed E-state index contributed by atoms with van der Waals surface area (Å²) in [5, 5.41) is 14.6. The molecule has 0 aliphatic rings. The Labute approximate surface area is 190 Å². The number of nitrogens with zero attached hydrogens (tertiary/aromatic N) is 3. The first-order valence-electron chi connectivity index (χ1n) is 9.91. The van der Waals surface area contributed by atoms with Gasteiger partial charge in [0.15, 0.2) is 11.5 Å². The zero-order chi connectivity index (χ0) is 23.2. The molecule has 0 fully saturated rings. The number of rotatable bonds is 9. The highest BCUT2D eigenvalue weighted by Gasteiger charge is 2.15. The molecule has 0 radical (unpaired) electrons. The van der Waals surface area contributed by atoms with Gasteiger partial charge in [0.1, 0.15) is 17.3 Å². The highest BCUT2D eigenvalue weighted by atomic mass is 16.5. The summed E-state index contributed by atoms with van der Waals surface area (Å²) in [4.78, 5) is 4.43. The van der Waals surface area contributed by atoms with Gasteiger partial charge in [-0.25, -0.2) is 4.98 Å². The second-order valence-electron chi connectivity index (χ2n) is 6.73. The monoisotopic (exact) mass is 449 g/mol. The third kappa shape index (κ3) is 4.90. The summed E-state index contributed by atoms with van der Waals surface area (Å²) < 4.78 is 27.1. The predicted molar refractivity (Wildman–Crippen MR) is 123 cm³/mol. The fourth-order valence-electron chi connectivity index (χ4n) is 3.11. The Bertz CT molecular complexity index is 1220. The van der Waals surface area contributed by atoms with E-state index >= 15 is 0 Å². The third-order valence-electron chi connectivity index (χ3n) is 4.71. The minimum atomic E-state index is 0.218. The maximum absolute atomic E-state index is 5.84. The van der Waals surface area contributed by atoms with E-state index in [-0.39, 0.29) is 6.01 Å². The molecule has 10 heteroatoms. The van der Waals surface area contributed by atoms with Gasteiger partial charge in [-0.05, 0) is 24.3 Å². The number of methoxy groups -OCH3 is 4. The number of aromatic nitrogens is 3. The Balaban J connectivity index is 1.58. The second kappa shape index (κ2) is 9.77. The van der Waals surface area contributed by atoms with Crippen molar-refractivity contribution < 1.29 is 23.4 Å². The smallest absolute Gasteiger partial charge is 0.320 e. The maximum atomic E-state index is 5.84. The van der Waals surface area contributed by atoms with Crippen molar-refractivity contribution in [1.82, 2.24) is 15.2 Å². The van der Waals surface area contributed by atoms with E-state index in [9.17, 15) is 0 Å². The van der Waals surface area contributed by atoms with Crippen molar-refractivity contribution in [2.24, 2.45) is 0 Å². The average Bonchev–Trinajstić information content (AvgIpc) is 3.32. The molecule has 0 aliphatic carbocycles. The van der Waals surface area contributed by atoms with Crippen LogP contribution in [0.1, 0.15) is 0 Å². The van der Waals surface area contributed by atoms with Gasteiger partial charge in [0.25, 0.3) is 5.89 Å². The molecule has 0 bridgehead atoms. The lowest BCUT2D eigenvalue weighted by Gasteiger charge is -2.11. The molecule has 170 valence electrons. The van der Waals surface area contributed by atoms with Crippen LogP contribution in [0.15, 0.2) is 59.1 Å². The lowest BCUT2D eigenvalue weighted by molar-refractivity contribution is 0.355.